The van der Waals surface area contributed by atoms with Crippen molar-refractivity contribution < 1.29 is 9.53 Å². The van der Waals surface area contributed by atoms with Gasteiger partial charge in [-0.05, 0) is 23.6 Å². The van der Waals surface area contributed by atoms with Crippen molar-refractivity contribution in [1.29, 1.82) is 0 Å². The van der Waals surface area contributed by atoms with Gasteiger partial charge in [-0.3, -0.25) is 4.79 Å². The van der Waals surface area contributed by atoms with Crippen LogP contribution in [0.3, 0.4) is 0 Å². The monoisotopic (exact) mass is 174 g/mol. The number of hydrogen-bond acceptors (Lipinski definition) is 2. The lowest BCUT2D eigenvalue weighted by atomic mass is 10.1. The third-order valence-corrected chi connectivity index (χ3v) is 1.68. The fourth-order valence-electron chi connectivity index (χ4n) is 0.980. The SMILES string of the molecule is C#CC(=O)Cc1ccc(OC)cc1. The molecule has 0 aliphatic heterocycles. The van der Waals surface area contributed by atoms with Crippen molar-refractivity contribution >= 4 is 5.78 Å². The topological polar surface area (TPSA) is 26.3 Å². The summed E-state index contributed by atoms with van der Waals surface area (Å²) in [6.07, 6.45) is 5.24. The van der Waals surface area contributed by atoms with Crippen molar-refractivity contribution in [2.45, 2.75) is 6.42 Å². The molecule has 0 bridgehead atoms. The summed E-state index contributed by atoms with van der Waals surface area (Å²) in [5.41, 5.74) is 0.906. The Morgan fingerprint density at radius 3 is 2.54 bits per heavy atom. The predicted octanol–water partition coefficient (Wildman–Crippen LogP) is 1.44. The van der Waals surface area contributed by atoms with Gasteiger partial charge in [0.2, 0.25) is 5.78 Å². The van der Waals surface area contributed by atoms with Crippen molar-refractivity contribution in [3.8, 4) is 18.1 Å². The molecule has 0 fully saturated rings. The number of ketones is 1. The van der Waals surface area contributed by atoms with E-state index in [-0.39, 0.29) is 5.78 Å². The molecule has 0 unspecified atom stereocenters. The Bertz CT molecular complexity index is 330. The minimum atomic E-state index is -0.204. The maximum atomic E-state index is 10.9. The summed E-state index contributed by atoms with van der Waals surface area (Å²) in [5.74, 6) is 2.64. The molecule has 66 valence electrons. The molecular formula is C11H10O2. The van der Waals surface area contributed by atoms with Crippen LogP contribution < -0.4 is 4.74 Å². The van der Waals surface area contributed by atoms with Gasteiger partial charge < -0.3 is 4.74 Å². The number of benzene rings is 1. The van der Waals surface area contributed by atoms with Crippen LogP contribution in [0.25, 0.3) is 0 Å². The van der Waals surface area contributed by atoms with Crippen molar-refractivity contribution in [3.63, 3.8) is 0 Å². The molecule has 2 heteroatoms. The molecule has 0 aliphatic carbocycles. The van der Waals surface area contributed by atoms with Crippen molar-refractivity contribution in [2.75, 3.05) is 7.11 Å². The Morgan fingerprint density at radius 1 is 1.46 bits per heavy atom. The second-order valence-electron chi connectivity index (χ2n) is 2.59. The quantitative estimate of drug-likeness (QED) is 0.512. The molecule has 0 atom stereocenters. The number of rotatable bonds is 3. The molecule has 0 heterocycles. The largest absolute Gasteiger partial charge is 0.497 e. The highest BCUT2D eigenvalue weighted by atomic mass is 16.5. The third kappa shape index (κ3) is 2.64. The summed E-state index contributed by atoms with van der Waals surface area (Å²) in [6.45, 7) is 0. The van der Waals surface area contributed by atoms with Gasteiger partial charge in [-0.1, -0.05) is 12.1 Å². The number of carbonyl (C=O) groups is 1. The van der Waals surface area contributed by atoms with Crippen LogP contribution in [0.2, 0.25) is 0 Å². The number of hydrogen-bond donors (Lipinski definition) is 0. The van der Waals surface area contributed by atoms with Crippen LogP contribution in [0.5, 0.6) is 5.75 Å². The van der Waals surface area contributed by atoms with Gasteiger partial charge in [0, 0.05) is 6.42 Å². The molecule has 13 heavy (non-hydrogen) atoms. The molecule has 1 rings (SSSR count). The van der Waals surface area contributed by atoms with Gasteiger partial charge in [0.05, 0.1) is 7.11 Å². The highest BCUT2D eigenvalue weighted by Gasteiger charge is 1.99. The molecule has 1 aromatic rings. The van der Waals surface area contributed by atoms with Crippen LogP contribution in [0.4, 0.5) is 0 Å². The van der Waals surface area contributed by atoms with Gasteiger partial charge in [-0.25, -0.2) is 0 Å². The molecular weight excluding hydrogens is 164 g/mol. The minimum Gasteiger partial charge on any atom is -0.497 e. The van der Waals surface area contributed by atoms with Crippen molar-refractivity contribution in [3.05, 3.63) is 29.8 Å². The van der Waals surface area contributed by atoms with Gasteiger partial charge in [0.1, 0.15) is 5.75 Å². The van der Waals surface area contributed by atoms with Crippen molar-refractivity contribution in [2.24, 2.45) is 0 Å². The smallest absolute Gasteiger partial charge is 0.209 e. The number of ether oxygens (including phenoxy) is 1. The second-order valence-corrected chi connectivity index (χ2v) is 2.59. The molecule has 0 saturated heterocycles. The lowest BCUT2D eigenvalue weighted by Gasteiger charge is -2.00. The molecule has 0 aliphatic rings. The standard InChI is InChI=1S/C11H10O2/c1-3-10(12)8-9-4-6-11(13-2)7-5-9/h1,4-7H,8H2,2H3. The average molecular weight is 174 g/mol. The van der Waals surface area contributed by atoms with E-state index in [1.165, 1.54) is 0 Å². The normalized spacial score (nSPS) is 8.92. The maximum Gasteiger partial charge on any atom is 0.209 e. The van der Waals surface area contributed by atoms with Gasteiger partial charge >= 0.3 is 0 Å². The molecule has 0 radical (unpaired) electrons. The highest BCUT2D eigenvalue weighted by Crippen LogP contribution is 2.11. The number of methoxy groups -OCH3 is 1. The molecule has 0 saturated carbocycles. The summed E-state index contributed by atoms with van der Waals surface area (Å²) in [6, 6.07) is 7.26. The fraction of sp³-hybridized carbons (Fsp3) is 0.182. The molecule has 1 aromatic carbocycles. The van der Waals surface area contributed by atoms with E-state index in [0.29, 0.717) is 6.42 Å². The van der Waals surface area contributed by atoms with E-state index in [1.54, 1.807) is 19.2 Å². The van der Waals surface area contributed by atoms with Crippen LogP contribution in [0.15, 0.2) is 24.3 Å². The first-order valence-corrected chi connectivity index (χ1v) is 3.88. The Kier molecular flexibility index (Phi) is 3.10. The van der Waals surface area contributed by atoms with Crippen LogP contribution in [0.1, 0.15) is 5.56 Å². The summed E-state index contributed by atoms with van der Waals surface area (Å²) >= 11 is 0. The van der Waals surface area contributed by atoms with Crippen LogP contribution in [-0.2, 0) is 11.2 Å². The Labute approximate surface area is 77.5 Å². The van der Waals surface area contributed by atoms with Gasteiger partial charge in [0.15, 0.2) is 0 Å². The van der Waals surface area contributed by atoms with E-state index in [0.717, 1.165) is 11.3 Å². The molecule has 0 aromatic heterocycles. The molecule has 0 N–H and O–H groups in total. The van der Waals surface area contributed by atoms with Gasteiger partial charge in [-0.2, -0.15) is 0 Å². The summed E-state index contributed by atoms with van der Waals surface area (Å²) < 4.78 is 4.98. The Hall–Kier alpha value is -1.75. The fourth-order valence-corrected chi connectivity index (χ4v) is 0.980. The van der Waals surface area contributed by atoms with Gasteiger partial charge in [-0.15, -0.1) is 6.42 Å². The first-order chi connectivity index (χ1) is 6.26. The van der Waals surface area contributed by atoms with E-state index < -0.39 is 0 Å². The second kappa shape index (κ2) is 4.32. The number of Topliss-reactive ketones (excluding diaryl/α,β-unsaturated/α-hetero) is 1. The van der Waals surface area contributed by atoms with E-state index >= 15 is 0 Å². The zero-order valence-electron chi connectivity index (χ0n) is 7.41. The van der Waals surface area contributed by atoms with E-state index in [2.05, 4.69) is 5.92 Å². The predicted molar refractivity (Wildman–Crippen MR) is 50.5 cm³/mol. The summed E-state index contributed by atoms with van der Waals surface area (Å²) in [7, 11) is 1.60. The number of terminal acetylenes is 1. The maximum absolute atomic E-state index is 10.9. The van der Waals surface area contributed by atoms with E-state index in [9.17, 15) is 4.79 Å². The first-order valence-electron chi connectivity index (χ1n) is 3.88. The molecule has 0 spiro atoms. The zero-order chi connectivity index (χ0) is 9.68. The van der Waals surface area contributed by atoms with Crippen LogP contribution >= 0.6 is 0 Å². The minimum absolute atomic E-state index is 0.204. The Morgan fingerprint density at radius 2 is 2.08 bits per heavy atom. The average Bonchev–Trinajstić information content (AvgIpc) is 2.19. The van der Waals surface area contributed by atoms with Crippen LogP contribution in [0, 0.1) is 12.3 Å². The third-order valence-electron chi connectivity index (χ3n) is 1.68. The molecule has 0 amide bonds. The van der Waals surface area contributed by atoms with Crippen molar-refractivity contribution in [1.82, 2.24) is 0 Å². The van der Waals surface area contributed by atoms with Crippen LogP contribution in [-0.4, -0.2) is 12.9 Å². The summed E-state index contributed by atoms with van der Waals surface area (Å²) in [5, 5.41) is 0. The lowest BCUT2D eigenvalue weighted by molar-refractivity contribution is -0.113. The highest BCUT2D eigenvalue weighted by molar-refractivity contribution is 5.96. The Balaban J connectivity index is 2.71. The lowest BCUT2D eigenvalue weighted by Crippen LogP contribution is -1.98. The number of carbonyl (C=O) groups excluding carboxylic acids is 1. The van der Waals surface area contributed by atoms with Gasteiger partial charge in [0.25, 0.3) is 0 Å². The summed E-state index contributed by atoms with van der Waals surface area (Å²) in [4.78, 5) is 10.9. The van der Waals surface area contributed by atoms with E-state index in [4.69, 9.17) is 11.2 Å². The first kappa shape index (κ1) is 9.34. The zero-order valence-corrected chi connectivity index (χ0v) is 7.41. The molecule has 2 nitrogen and oxygen atoms in total. The van der Waals surface area contributed by atoms with E-state index in [1.807, 2.05) is 12.1 Å².